The fraction of sp³-hybridized carbons (Fsp3) is 0.0909. The summed E-state index contributed by atoms with van der Waals surface area (Å²) in [7, 11) is 0. The summed E-state index contributed by atoms with van der Waals surface area (Å²) >= 11 is 6.07. The van der Waals surface area contributed by atoms with Gasteiger partial charge in [0.15, 0.2) is 11.2 Å². The standard InChI is InChI=1S/C11H8ClN5O/c12-8-4-2-1-3-7(8)5-17-10-9(15-16-17)11(18)14-6-13-10/h1-4,6H,5H2,(H,13,14,18). The van der Waals surface area contributed by atoms with Crippen molar-refractivity contribution in [1.29, 1.82) is 0 Å². The molecule has 2 aromatic heterocycles. The molecule has 3 rings (SSSR count). The predicted molar refractivity (Wildman–Crippen MR) is 66.5 cm³/mol. The number of nitrogens with zero attached hydrogens (tertiary/aromatic N) is 4. The van der Waals surface area contributed by atoms with Crippen molar-refractivity contribution in [2.45, 2.75) is 6.54 Å². The van der Waals surface area contributed by atoms with Gasteiger partial charge in [0.25, 0.3) is 5.56 Å². The average Bonchev–Trinajstić information content (AvgIpc) is 2.77. The van der Waals surface area contributed by atoms with E-state index in [1.54, 1.807) is 10.7 Å². The van der Waals surface area contributed by atoms with Gasteiger partial charge in [0, 0.05) is 5.02 Å². The summed E-state index contributed by atoms with van der Waals surface area (Å²) in [6.07, 6.45) is 1.33. The molecule has 0 amide bonds. The van der Waals surface area contributed by atoms with Crippen molar-refractivity contribution in [2.75, 3.05) is 0 Å². The van der Waals surface area contributed by atoms with Crippen LogP contribution >= 0.6 is 11.6 Å². The van der Waals surface area contributed by atoms with E-state index in [0.717, 1.165) is 5.56 Å². The Bertz CT molecular complexity index is 763. The van der Waals surface area contributed by atoms with Gasteiger partial charge in [-0.2, -0.15) is 0 Å². The van der Waals surface area contributed by atoms with Crippen molar-refractivity contribution < 1.29 is 0 Å². The Hall–Kier alpha value is -2.21. The van der Waals surface area contributed by atoms with E-state index in [-0.39, 0.29) is 11.1 Å². The van der Waals surface area contributed by atoms with Gasteiger partial charge in [0.2, 0.25) is 0 Å². The molecule has 0 aliphatic heterocycles. The van der Waals surface area contributed by atoms with Gasteiger partial charge in [-0.15, -0.1) is 5.10 Å². The van der Waals surface area contributed by atoms with Crippen LogP contribution in [-0.4, -0.2) is 25.0 Å². The van der Waals surface area contributed by atoms with E-state index in [9.17, 15) is 4.79 Å². The van der Waals surface area contributed by atoms with Crippen molar-refractivity contribution >= 4 is 22.8 Å². The first kappa shape index (κ1) is 10.9. The lowest BCUT2D eigenvalue weighted by molar-refractivity contribution is 0.664. The molecule has 0 spiro atoms. The van der Waals surface area contributed by atoms with Crippen LogP contribution < -0.4 is 5.56 Å². The monoisotopic (exact) mass is 261 g/mol. The minimum Gasteiger partial charge on any atom is -0.311 e. The smallest absolute Gasteiger partial charge is 0.280 e. The first-order chi connectivity index (χ1) is 8.75. The van der Waals surface area contributed by atoms with Crippen LogP contribution in [-0.2, 0) is 6.54 Å². The number of hydrogen-bond acceptors (Lipinski definition) is 4. The Morgan fingerprint density at radius 2 is 2.17 bits per heavy atom. The van der Waals surface area contributed by atoms with Gasteiger partial charge < -0.3 is 4.98 Å². The molecule has 0 radical (unpaired) electrons. The van der Waals surface area contributed by atoms with Crippen LogP contribution in [0.4, 0.5) is 0 Å². The number of rotatable bonds is 2. The summed E-state index contributed by atoms with van der Waals surface area (Å²) in [5.41, 5.74) is 1.27. The number of benzene rings is 1. The molecule has 90 valence electrons. The Kier molecular flexibility index (Phi) is 2.56. The van der Waals surface area contributed by atoms with Crippen molar-refractivity contribution in [2.24, 2.45) is 0 Å². The normalized spacial score (nSPS) is 10.9. The summed E-state index contributed by atoms with van der Waals surface area (Å²) in [6.45, 7) is 0.423. The van der Waals surface area contributed by atoms with Crippen LogP contribution in [0, 0.1) is 0 Å². The number of aromatic nitrogens is 5. The summed E-state index contributed by atoms with van der Waals surface area (Å²) in [5.74, 6) is 0. The zero-order chi connectivity index (χ0) is 12.5. The third-order valence-electron chi connectivity index (χ3n) is 2.58. The Morgan fingerprint density at radius 1 is 1.33 bits per heavy atom. The first-order valence-electron chi connectivity index (χ1n) is 5.26. The van der Waals surface area contributed by atoms with Gasteiger partial charge in [-0.1, -0.05) is 35.0 Å². The van der Waals surface area contributed by atoms with Gasteiger partial charge in [0.05, 0.1) is 12.9 Å². The Labute approximate surface area is 106 Å². The maximum atomic E-state index is 11.5. The SMILES string of the molecule is O=c1[nH]cnc2c1nnn2Cc1ccccc1Cl. The second-order valence-electron chi connectivity index (χ2n) is 3.74. The summed E-state index contributed by atoms with van der Waals surface area (Å²) in [5, 5.41) is 8.37. The van der Waals surface area contributed by atoms with Gasteiger partial charge >= 0.3 is 0 Å². The molecule has 0 aliphatic carbocycles. The molecule has 0 unspecified atom stereocenters. The van der Waals surface area contributed by atoms with E-state index >= 15 is 0 Å². The molecular formula is C11H8ClN5O. The van der Waals surface area contributed by atoms with E-state index in [4.69, 9.17) is 11.6 Å². The molecule has 3 aromatic rings. The predicted octanol–water partition coefficient (Wildman–Crippen LogP) is 1.22. The number of halogens is 1. The van der Waals surface area contributed by atoms with E-state index in [0.29, 0.717) is 17.2 Å². The Morgan fingerprint density at radius 3 is 3.00 bits per heavy atom. The fourth-order valence-corrected chi connectivity index (χ4v) is 1.89. The van der Waals surface area contributed by atoms with Crippen LogP contribution in [0.15, 0.2) is 35.4 Å². The molecule has 18 heavy (non-hydrogen) atoms. The van der Waals surface area contributed by atoms with Crippen molar-refractivity contribution in [3.05, 3.63) is 51.5 Å². The summed E-state index contributed by atoms with van der Waals surface area (Å²) in [6, 6.07) is 7.44. The van der Waals surface area contributed by atoms with E-state index in [1.165, 1.54) is 6.33 Å². The highest BCUT2D eigenvalue weighted by Crippen LogP contribution is 2.16. The van der Waals surface area contributed by atoms with Gasteiger partial charge in [0.1, 0.15) is 0 Å². The second kappa shape index (κ2) is 4.23. The van der Waals surface area contributed by atoms with Crippen LogP contribution in [0.3, 0.4) is 0 Å². The number of nitrogens with one attached hydrogen (secondary N) is 1. The molecule has 0 aliphatic rings. The van der Waals surface area contributed by atoms with Crippen molar-refractivity contribution in [3.63, 3.8) is 0 Å². The molecule has 1 aromatic carbocycles. The summed E-state index contributed by atoms with van der Waals surface area (Å²) in [4.78, 5) is 18.0. The third kappa shape index (κ3) is 1.76. The number of aromatic amines is 1. The minimum absolute atomic E-state index is 0.226. The average molecular weight is 262 g/mol. The molecule has 6 nitrogen and oxygen atoms in total. The van der Waals surface area contributed by atoms with Crippen LogP contribution in [0.5, 0.6) is 0 Å². The van der Waals surface area contributed by atoms with E-state index in [1.807, 2.05) is 18.2 Å². The molecule has 0 saturated carbocycles. The number of H-pyrrole nitrogens is 1. The summed E-state index contributed by atoms with van der Waals surface area (Å²) < 4.78 is 1.55. The van der Waals surface area contributed by atoms with Crippen LogP contribution in [0.25, 0.3) is 11.2 Å². The second-order valence-corrected chi connectivity index (χ2v) is 4.15. The first-order valence-corrected chi connectivity index (χ1v) is 5.64. The lowest BCUT2D eigenvalue weighted by Crippen LogP contribution is -2.08. The highest BCUT2D eigenvalue weighted by atomic mass is 35.5. The molecule has 0 atom stereocenters. The highest BCUT2D eigenvalue weighted by molar-refractivity contribution is 6.31. The topological polar surface area (TPSA) is 76.5 Å². The van der Waals surface area contributed by atoms with E-state index in [2.05, 4.69) is 20.3 Å². The largest absolute Gasteiger partial charge is 0.311 e. The number of fused-ring (bicyclic) bond motifs is 1. The zero-order valence-corrected chi connectivity index (χ0v) is 9.92. The van der Waals surface area contributed by atoms with E-state index < -0.39 is 0 Å². The maximum Gasteiger partial charge on any atom is 0.280 e. The van der Waals surface area contributed by atoms with Crippen LogP contribution in [0.2, 0.25) is 5.02 Å². The highest BCUT2D eigenvalue weighted by Gasteiger charge is 2.10. The van der Waals surface area contributed by atoms with Gasteiger partial charge in [-0.25, -0.2) is 9.67 Å². The molecular weight excluding hydrogens is 254 g/mol. The molecule has 0 fully saturated rings. The molecule has 2 heterocycles. The van der Waals surface area contributed by atoms with Crippen LogP contribution in [0.1, 0.15) is 5.56 Å². The van der Waals surface area contributed by atoms with Crippen molar-refractivity contribution in [1.82, 2.24) is 25.0 Å². The molecule has 0 saturated heterocycles. The molecule has 0 bridgehead atoms. The fourth-order valence-electron chi connectivity index (χ4n) is 1.70. The molecule has 1 N–H and O–H groups in total. The molecule has 7 heteroatoms. The van der Waals surface area contributed by atoms with Gasteiger partial charge in [-0.05, 0) is 11.6 Å². The zero-order valence-electron chi connectivity index (χ0n) is 9.17. The number of hydrogen-bond donors (Lipinski definition) is 1. The minimum atomic E-state index is -0.301. The lowest BCUT2D eigenvalue weighted by Gasteiger charge is -2.03. The maximum absolute atomic E-state index is 11.5. The Balaban J connectivity index is 2.09. The third-order valence-corrected chi connectivity index (χ3v) is 2.95. The van der Waals surface area contributed by atoms with Crippen molar-refractivity contribution in [3.8, 4) is 0 Å². The van der Waals surface area contributed by atoms with Gasteiger partial charge in [-0.3, -0.25) is 4.79 Å². The lowest BCUT2D eigenvalue weighted by atomic mass is 10.2. The quantitative estimate of drug-likeness (QED) is 0.752.